The van der Waals surface area contributed by atoms with Crippen molar-refractivity contribution < 1.29 is 4.79 Å². The SMILES string of the molecule is C=C1C=C(c2cn3c4c(cccc24)CNCC3)C(=O)C1. The summed E-state index contributed by atoms with van der Waals surface area (Å²) < 4.78 is 2.27. The van der Waals surface area contributed by atoms with Crippen molar-refractivity contribution in [1.82, 2.24) is 9.88 Å². The molecule has 1 aromatic heterocycles. The molecule has 1 aromatic carbocycles. The number of rotatable bonds is 1. The van der Waals surface area contributed by atoms with Crippen molar-refractivity contribution in [2.45, 2.75) is 19.5 Å². The van der Waals surface area contributed by atoms with Gasteiger partial charge >= 0.3 is 0 Å². The molecule has 3 heteroatoms. The van der Waals surface area contributed by atoms with Crippen molar-refractivity contribution in [3.63, 3.8) is 0 Å². The average Bonchev–Trinajstić information content (AvgIpc) is 2.87. The molecule has 0 saturated carbocycles. The minimum Gasteiger partial charge on any atom is -0.345 e. The molecule has 1 aliphatic carbocycles. The van der Waals surface area contributed by atoms with Crippen LogP contribution < -0.4 is 5.32 Å². The minimum atomic E-state index is 0.189. The van der Waals surface area contributed by atoms with E-state index < -0.39 is 0 Å². The zero-order valence-corrected chi connectivity index (χ0v) is 11.3. The summed E-state index contributed by atoms with van der Waals surface area (Å²) in [5.74, 6) is 0.189. The molecule has 1 aliphatic heterocycles. The third kappa shape index (κ3) is 1.60. The third-order valence-electron chi connectivity index (χ3n) is 4.15. The van der Waals surface area contributed by atoms with Gasteiger partial charge in [-0.3, -0.25) is 4.79 Å². The molecule has 2 aromatic rings. The number of nitrogens with one attached hydrogen (secondary N) is 1. The lowest BCUT2D eigenvalue weighted by molar-refractivity contribution is -0.112. The van der Waals surface area contributed by atoms with Gasteiger partial charge in [-0.25, -0.2) is 0 Å². The van der Waals surface area contributed by atoms with Gasteiger partial charge in [0.15, 0.2) is 5.78 Å². The molecule has 4 rings (SSSR count). The minimum absolute atomic E-state index is 0.189. The van der Waals surface area contributed by atoms with Crippen LogP contribution in [-0.2, 0) is 17.9 Å². The van der Waals surface area contributed by atoms with E-state index in [4.69, 9.17) is 0 Å². The van der Waals surface area contributed by atoms with Gasteiger partial charge in [-0.15, -0.1) is 0 Å². The Morgan fingerprint density at radius 1 is 1.30 bits per heavy atom. The van der Waals surface area contributed by atoms with Gasteiger partial charge in [0.25, 0.3) is 0 Å². The first kappa shape index (κ1) is 11.7. The van der Waals surface area contributed by atoms with Crippen LogP contribution in [-0.4, -0.2) is 16.9 Å². The molecule has 0 spiro atoms. The number of carbonyl (C=O) groups excluding carboxylic acids is 1. The summed E-state index contributed by atoms with van der Waals surface area (Å²) >= 11 is 0. The number of allylic oxidation sites excluding steroid dienone is 3. The van der Waals surface area contributed by atoms with Crippen LogP contribution in [0.5, 0.6) is 0 Å². The maximum absolute atomic E-state index is 12.1. The lowest BCUT2D eigenvalue weighted by Crippen LogP contribution is -2.15. The van der Waals surface area contributed by atoms with Crippen LogP contribution in [0.25, 0.3) is 16.5 Å². The van der Waals surface area contributed by atoms with Gasteiger partial charge in [0, 0.05) is 48.8 Å². The number of benzene rings is 1. The van der Waals surface area contributed by atoms with Crippen LogP contribution in [0.3, 0.4) is 0 Å². The summed E-state index contributed by atoms with van der Waals surface area (Å²) in [6.07, 6.45) is 4.53. The van der Waals surface area contributed by atoms with Crippen LogP contribution in [0, 0.1) is 0 Å². The predicted molar refractivity (Wildman–Crippen MR) is 80.4 cm³/mol. The van der Waals surface area contributed by atoms with E-state index in [0.717, 1.165) is 36.3 Å². The zero-order valence-electron chi connectivity index (χ0n) is 11.3. The summed E-state index contributed by atoms with van der Waals surface area (Å²) in [5, 5.41) is 4.61. The molecule has 0 saturated heterocycles. The first-order chi connectivity index (χ1) is 9.74. The standard InChI is InChI=1S/C17H16N2O/c1-11-7-14(16(20)8-11)15-10-19-6-5-18-9-12-3-2-4-13(15)17(12)19/h2-4,7,10,18H,1,5-6,8-9H2. The van der Waals surface area contributed by atoms with Crippen LogP contribution >= 0.6 is 0 Å². The zero-order chi connectivity index (χ0) is 13.7. The van der Waals surface area contributed by atoms with Gasteiger partial charge in [-0.1, -0.05) is 24.8 Å². The average molecular weight is 264 g/mol. The molecule has 2 heterocycles. The second-order valence-corrected chi connectivity index (χ2v) is 5.54. The first-order valence-electron chi connectivity index (χ1n) is 6.98. The Kier molecular flexibility index (Phi) is 2.44. The molecule has 0 fully saturated rings. The van der Waals surface area contributed by atoms with E-state index in [0.29, 0.717) is 6.42 Å². The number of para-hydroxylation sites is 1. The second-order valence-electron chi connectivity index (χ2n) is 5.54. The summed E-state index contributed by atoms with van der Waals surface area (Å²) in [4.78, 5) is 12.1. The van der Waals surface area contributed by atoms with Crippen molar-refractivity contribution in [3.05, 3.63) is 53.8 Å². The molecule has 2 aliphatic rings. The Hall–Kier alpha value is -2.13. The number of ketones is 1. The Labute approximate surface area is 117 Å². The van der Waals surface area contributed by atoms with Gasteiger partial charge in [0.1, 0.15) is 0 Å². The number of nitrogens with zero attached hydrogens (tertiary/aromatic N) is 1. The van der Waals surface area contributed by atoms with E-state index in [-0.39, 0.29) is 5.78 Å². The summed E-state index contributed by atoms with van der Waals surface area (Å²) in [6, 6.07) is 6.35. The Bertz CT molecular complexity index is 780. The van der Waals surface area contributed by atoms with E-state index in [9.17, 15) is 4.79 Å². The Balaban J connectivity index is 2.01. The predicted octanol–water partition coefficient (Wildman–Crippen LogP) is 2.66. The third-order valence-corrected chi connectivity index (χ3v) is 4.15. The fraction of sp³-hybridized carbons (Fsp3) is 0.235. The van der Waals surface area contributed by atoms with Crippen molar-refractivity contribution in [3.8, 4) is 0 Å². The lowest BCUT2D eigenvalue weighted by Gasteiger charge is -2.03. The van der Waals surface area contributed by atoms with Crippen molar-refractivity contribution >= 4 is 22.3 Å². The van der Waals surface area contributed by atoms with Crippen molar-refractivity contribution in [2.24, 2.45) is 0 Å². The number of Topliss-reactive ketones (excluding diaryl/α,β-unsaturated/α-hetero) is 1. The molecule has 0 unspecified atom stereocenters. The summed E-state index contributed by atoms with van der Waals surface area (Å²) in [6.45, 7) is 6.70. The highest BCUT2D eigenvalue weighted by atomic mass is 16.1. The van der Waals surface area contributed by atoms with Crippen LogP contribution in [0.1, 0.15) is 17.5 Å². The molecular formula is C17H16N2O. The fourth-order valence-electron chi connectivity index (χ4n) is 3.26. The highest BCUT2D eigenvalue weighted by Gasteiger charge is 2.24. The van der Waals surface area contributed by atoms with E-state index >= 15 is 0 Å². The monoisotopic (exact) mass is 264 g/mol. The maximum atomic E-state index is 12.1. The summed E-state index contributed by atoms with van der Waals surface area (Å²) in [5.41, 5.74) is 5.36. The van der Waals surface area contributed by atoms with Crippen LogP contribution in [0.4, 0.5) is 0 Å². The normalized spacial score (nSPS) is 18.5. The van der Waals surface area contributed by atoms with Gasteiger partial charge in [-0.05, 0) is 17.2 Å². The number of carbonyl (C=O) groups is 1. The molecule has 1 N–H and O–H groups in total. The van der Waals surface area contributed by atoms with Crippen LogP contribution in [0.15, 0.2) is 42.6 Å². The number of aromatic nitrogens is 1. The quantitative estimate of drug-likeness (QED) is 0.859. The van der Waals surface area contributed by atoms with E-state index in [2.05, 4.69) is 40.9 Å². The largest absolute Gasteiger partial charge is 0.345 e. The topological polar surface area (TPSA) is 34.0 Å². The Morgan fingerprint density at radius 2 is 2.20 bits per heavy atom. The maximum Gasteiger partial charge on any atom is 0.167 e. The fourth-order valence-corrected chi connectivity index (χ4v) is 3.26. The van der Waals surface area contributed by atoms with Gasteiger partial charge in [-0.2, -0.15) is 0 Å². The lowest BCUT2D eigenvalue weighted by atomic mass is 10.0. The second kappa shape index (κ2) is 4.18. The molecule has 20 heavy (non-hydrogen) atoms. The van der Waals surface area contributed by atoms with Gasteiger partial charge in [0.2, 0.25) is 0 Å². The van der Waals surface area contributed by atoms with Crippen molar-refractivity contribution in [1.29, 1.82) is 0 Å². The first-order valence-corrected chi connectivity index (χ1v) is 6.98. The molecule has 3 nitrogen and oxygen atoms in total. The van der Waals surface area contributed by atoms with E-state index in [1.165, 1.54) is 16.5 Å². The van der Waals surface area contributed by atoms with E-state index in [1.807, 2.05) is 6.08 Å². The molecule has 0 atom stereocenters. The summed E-state index contributed by atoms with van der Waals surface area (Å²) in [7, 11) is 0. The molecule has 0 radical (unpaired) electrons. The van der Waals surface area contributed by atoms with E-state index in [1.54, 1.807) is 0 Å². The highest BCUT2D eigenvalue weighted by Crippen LogP contribution is 2.35. The van der Waals surface area contributed by atoms with Crippen LogP contribution in [0.2, 0.25) is 0 Å². The molecular weight excluding hydrogens is 248 g/mol. The number of hydrogen-bond donors (Lipinski definition) is 1. The smallest absolute Gasteiger partial charge is 0.167 e. The van der Waals surface area contributed by atoms with Crippen molar-refractivity contribution in [2.75, 3.05) is 6.54 Å². The molecule has 0 amide bonds. The molecule has 0 bridgehead atoms. The van der Waals surface area contributed by atoms with Gasteiger partial charge in [0.05, 0.1) is 5.52 Å². The number of hydrogen-bond acceptors (Lipinski definition) is 2. The Morgan fingerprint density at radius 3 is 3.00 bits per heavy atom. The highest BCUT2D eigenvalue weighted by molar-refractivity contribution is 6.27. The molecule has 100 valence electrons. The van der Waals surface area contributed by atoms with Gasteiger partial charge < -0.3 is 9.88 Å².